The first-order valence-corrected chi connectivity index (χ1v) is 15.4. The second-order valence-corrected chi connectivity index (χ2v) is 12.5. The average Bonchev–Trinajstić information content (AvgIpc) is 3.25. The van der Waals surface area contributed by atoms with Crippen LogP contribution in [0.4, 0.5) is 4.79 Å². The molecule has 1 saturated heterocycles. The zero-order chi connectivity index (χ0) is 28.0. The smallest absolute Gasteiger partial charge is 0.407 e. The van der Waals surface area contributed by atoms with E-state index in [1.165, 1.54) is 15.5 Å². The van der Waals surface area contributed by atoms with Crippen molar-refractivity contribution < 1.29 is 32.5 Å². The van der Waals surface area contributed by atoms with E-state index in [9.17, 15) is 18.3 Å². The largest absolute Gasteiger partial charge is 0.497 e. The molecule has 1 N–H and O–H groups in total. The number of amides is 1. The van der Waals surface area contributed by atoms with Crippen molar-refractivity contribution in [2.75, 3.05) is 20.0 Å². The third-order valence-electron chi connectivity index (χ3n) is 7.83. The van der Waals surface area contributed by atoms with Crippen LogP contribution in [0.25, 0.3) is 0 Å². The Hall–Kier alpha value is -2.66. The normalized spacial score (nSPS) is 25.6. The topological polar surface area (TPSA) is 106 Å². The molecule has 2 aromatic carbocycles. The first-order chi connectivity index (χ1) is 18.7. The second-order valence-electron chi connectivity index (χ2n) is 10.6. The molecule has 1 saturated carbocycles. The van der Waals surface area contributed by atoms with Crippen molar-refractivity contribution in [2.24, 2.45) is 0 Å². The number of methoxy groups -OCH3 is 1. The van der Waals surface area contributed by atoms with E-state index < -0.39 is 28.2 Å². The van der Waals surface area contributed by atoms with Crippen LogP contribution in [-0.2, 0) is 32.6 Å². The lowest BCUT2D eigenvalue weighted by Gasteiger charge is -2.35. The molecule has 2 aromatic rings. The van der Waals surface area contributed by atoms with Crippen LogP contribution in [0.3, 0.4) is 0 Å². The molecule has 0 spiro atoms. The van der Waals surface area contributed by atoms with Gasteiger partial charge in [-0.15, -0.1) is 0 Å². The molecule has 2 fully saturated rings. The lowest BCUT2D eigenvalue weighted by molar-refractivity contribution is -0.0501. The van der Waals surface area contributed by atoms with E-state index in [1.54, 1.807) is 19.2 Å². The third kappa shape index (κ3) is 7.72. The molecular weight excluding hydrogens is 520 g/mol. The number of likely N-dealkylation sites (tertiary alicyclic amines) is 1. The highest BCUT2D eigenvalue weighted by Gasteiger charge is 2.47. The summed E-state index contributed by atoms with van der Waals surface area (Å²) in [6.07, 6.45) is 4.07. The highest BCUT2D eigenvalue weighted by atomic mass is 32.2. The Balaban J connectivity index is 1.40. The number of nitrogens with zero attached hydrogens (tertiary/aromatic N) is 2. The van der Waals surface area contributed by atoms with E-state index in [1.807, 2.05) is 37.3 Å². The van der Waals surface area contributed by atoms with Gasteiger partial charge in [0.15, 0.2) is 0 Å². The molecular formula is C29H40N2O7S. The molecule has 9 nitrogen and oxygen atoms in total. The van der Waals surface area contributed by atoms with E-state index in [-0.39, 0.29) is 31.4 Å². The van der Waals surface area contributed by atoms with Crippen molar-refractivity contribution in [1.82, 2.24) is 9.21 Å². The van der Waals surface area contributed by atoms with Gasteiger partial charge >= 0.3 is 6.09 Å². The molecule has 10 heteroatoms. The number of carboxylic acid groups (broad SMARTS) is 1. The summed E-state index contributed by atoms with van der Waals surface area (Å²) in [5.41, 5.74) is 1.95. The summed E-state index contributed by atoms with van der Waals surface area (Å²) < 4.78 is 44.9. The number of rotatable bonds is 11. The van der Waals surface area contributed by atoms with Gasteiger partial charge in [0.1, 0.15) is 5.75 Å². The number of ether oxygens (including phenoxy) is 3. The zero-order valence-corrected chi connectivity index (χ0v) is 23.8. The van der Waals surface area contributed by atoms with Gasteiger partial charge in [-0.3, -0.25) is 4.90 Å². The Morgan fingerprint density at radius 1 is 0.974 bits per heavy atom. The average molecular weight is 561 g/mol. The maximum absolute atomic E-state index is 13.0. The molecule has 2 aliphatic rings. The van der Waals surface area contributed by atoms with Gasteiger partial charge < -0.3 is 19.3 Å². The van der Waals surface area contributed by atoms with Gasteiger partial charge in [-0.25, -0.2) is 13.2 Å². The Bertz CT molecular complexity index is 1170. The second kappa shape index (κ2) is 13.1. The van der Waals surface area contributed by atoms with E-state index in [0.717, 1.165) is 36.8 Å². The summed E-state index contributed by atoms with van der Waals surface area (Å²) in [6, 6.07) is 15.9. The number of hydrogen-bond donors (Lipinski definition) is 1. The fourth-order valence-electron chi connectivity index (χ4n) is 5.74. The summed E-state index contributed by atoms with van der Waals surface area (Å²) in [7, 11) is -2.06. The van der Waals surface area contributed by atoms with E-state index in [4.69, 9.17) is 14.2 Å². The summed E-state index contributed by atoms with van der Waals surface area (Å²) in [5, 5.41) is 10.0. The van der Waals surface area contributed by atoms with Crippen LogP contribution in [0.15, 0.2) is 54.6 Å². The van der Waals surface area contributed by atoms with Gasteiger partial charge in [-0.2, -0.15) is 4.31 Å². The minimum atomic E-state index is -3.64. The molecule has 39 heavy (non-hydrogen) atoms. The van der Waals surface area contributed by atoms with Gasteiger partial charge in [0, 0.05) is 18.6 Å². The van der Waals surface area contributed by atoms with Crippen molar-refractivity contribution in [3.05, 3.63) is 65.7 Å². The lowest BCUT2D eigenvalue weighted by atomic mass is 9.94. The molecule has 4 rings (SSSR count). The first kappa shape index (κ1) is 29.3. The molecule has 0 unspecified atom stereocenters. The summed E-state index contributed by atoms with van der Waals surface area (Å²) in [6.45, 7) is 2.70. The van der Waals surface area contributed by atoms with Gasteiger partial charge in [0.05, 0.1) is 44.8 Å². The maximum atomic E-state index is 13.0. The molecule has 0 aromatic heterocycles. The Labute approximate surface area is 231 Å². The number of carbonyl (C=O) groups is 1. The number of benzene rings is 2. The van der Waals surface area contributed by atoms with Crippen molar-refractivity contribution in [3.8, 4) is 5.75 Å². The maximum Gasteiger partial charge on any atom is 0.407 e. The Kier molecular flexibility index (Phi) is 9.87. The van der Waals surface area contributed by atoms with Crippen LogP contribution in [0, 0.1) is 0 Å². The molecule has 1 aliphatic carbocycles. The standard InChI is InChI=1S/C29H40N2O7S/c1-21-17-27(30(39(3,34)35)18-22-9-11-24(36-2)12-10-22)28(31(21)29(32)33)20-38-26-15-13-25(14-16-26)37-19-23-7-5-4-6-8-23/h4-12,21,25-28H,13-20H2,1-3H3,(H,32,33)/t21-,25?,26?,27+,28+/m1/s1. The van der Waals surface area contributed by atoms with Gasteiger partial charge in [-0.1, -0.05) is 42.5 Å². The quantitative estimate of drug-likeness (QED) is 0.431. The van der Waals surface area contributed by atoms with Gasteiger partial charge in [0.25, 0.3) is 0 Å². The van der Waals surface area contributed by atoms with Crippen LogP contribution in [0.5, 0.6) is 5.75 Å². The SMILES string of the molecule is COc1ccc(CN([C@H]2C[C@@H](C)N(C(=O)O)[C@H]2COC2CCC(OCc3ccccc3)CC2)S(C)(=O)=O)cc1. The van der Waals surface area contributed by atoms with Crippen LogP contribution in [0.1, 0.15) is 50.2 Å². The summed E-state index contributed by atoms with van der Waals surface area (Å²) >= 11 is 0. The fraction of sp³-hybridized carbons (Fsp3) is 0.552. The van der Waals surface area contributed by atoms with Gasteiger partial charge in [-0.05, 0) is 62.3 Å². The highest BCUT2D eigenvalue weighted by molar-refractivity contribution is 7.88. The molecule has 1 amide bonds. The van der Waals surface area contributed by atoms with E-state index in [0.29, 0.717) is 18.8 Å². The number of hydrogen-bond acceptors (Lipinski definition) is 6. The molecule has 1 heterocycles. The van der Waals surface area contributed by atoms with Gasteiger partial charge in [0.2, 0.25) is 10.0 Å². The van der Waals surface area contributed by atoms with Crippen molar-refractivity contribution in [3.63, 3.8) is 0 Å². The van der Waals surface area contributed by atoms with Crippen molar-refractivity contribution in [2.45, 2.75) is 82.5 Å². The molecule has 1 aliphatic heterocycles. The predicted octanol–water partition coefficient (Wildman–Crippen LogP) is 4.51. The van der Waals surface area contributed by atoms with E-state index in [2.05, 4.69) is 12.1 Å². The summed E-state index contributed by atoms with van der Waals surface area (Å²) in [4.78, 5) is 13.6. The third-order valence-corrected chi connectivity index (χ3v) is 9.08. The first-order valence-electron chi connectivity index (χ1n) is 13.5. The van der Waals surface area contributed by atoms with E-state index >= 15 is 0 Å². The van der Waals surface area contributed by atoms with Crippen LogP contribution in [0.2, 0.25) is 0 Å². The fourth-order valence-corrected chi connectivity index (χ4v) is 6.85. The molecule has 0 radical (unpaired) electrons. The summed E-state index contributed by atoms with van der Waals surface area (Å²) in [5.74, 6) is 0.683. The monoisotopic (exact) mass is 560 g/mol. The Morgan fingerprint density at radius 3 is 2.15 bits per heavy atom. The lowest BCUT2D eigenvalue weighted by Crippen LogP contribution is -2.51. The van der Waals surface area contributed by atoms with Crippen LogP contribution in [-0.4, -0.2) is 79.1 Å². The minimum Gasteiger partial charge on any atom is -0.497 e. The molecule has 214 valence electrons. The molecule has 0 bridgehead atoms. The predicted molar refractivity (Wildman–Crippen MR) is 148 cm³/mol. The molecule has 3 atom stereocenters. The van der Waals surface area contributed by atoms with Crippen molar-refractivity contribution in [1.29, 1.82) is 0 Å². The van der Waals surface area contributed by atoms with Crippen LogP contribution < -0.4 is 4.74 Å². The number of sulfonamides is 1. The highest BCUT2D eigenvalue weighted by Crippen LogP contribution is 2.33. The minimum absolute atomic E-state index is 0.0120. The van der Waals surface area contributed by atoms with Crippen LogP contribution >= 0.6 is 0 Å². The zero-order valence-electron chi connectivity index (χ0n) is 22.9. The van der Waals surface area contributed by atoms with Crippen molar-refractivity contribution >= 4 is 16.1 Å². The Morgan fingerprint density at radius 2 is 1.59 bits per heavy atom.